The van der Waals surface area contributed by atoms with E-state index in [9.17, 15) is 4.79 Å². The number of nitrogens with one attached hydrogen (secondary N) is 2. The standard InChI is InChI=1S/C15H23N3O/c1-4-12-7-5-6-11(2)15(12)18-9-13(8-16-3)17-14(19)10-18/h5-7,13,16H,4,8-10H2,1-3H3,(H,17,19). The molecule has 1 heterocycles. The first kappa shape index (κ1) is 13.9. The average Bonchev–Trinajstić information content (AvgIpc) is 2.38. The van der Waals surface area contributed by atoms with Crippen LogP contribution in [0.5, 0.6) is 0 Å². The van der Waals surface area contributed by atoms with Crippen molar-refractivity contribution in [2.75, 3.05) is 31.6 Å². The van der Waals surface area contributed by atoms with Gasteiger partial charge in [-0.3, -0.25) is 4.79 Å². The highest BCUT2D eigenvalue weighted by atomic mass is 16.2. The summed E-state index contributed by atoms with van der Waals surface area (Å²) < 4.78 is 0. The molecule has 1 atom stereocenters. The molecule has 19 heavy (non-hydrogen) atoms. The number of piperazine rings is 1. The summed E-state index contributed by atoms with van der Waals surface area (Å²) in [6.45, 7) is 6.40. The summed E-state index contributed by atoms with van der Waals surface area (Å²) in [7, 11) is 1.91. The zero-order chi connectivity index (χ0) is 13.8. The van der Waals surface area contributed by atoms with Crippen LogP contribution in [-0.4, -0.2) is 38.6 Å². The van der Waals surface area contributed by atoms with Crippen LogP contribution in [-0.2, 0) is 11.2 Å². The van der Waals surface area contributed by atoms with Crippen LogP contribution in [0.25, 0.3) is 0 Å². The first-order chi connectivity index (χ1) is 9.15. The van der Waals surface area contributed by atoms with Crippen LogP contribution in [0.15, 0.2) is 18.2 Å². The first-order valence-electron chi connectivity index (χ1n) is 6.93. The lowest BCUT2D eigenvalue weighted by molar-refractivity contribution is -0.121. The van der Waals surface area contributed by atoms with Crippen LogP contribution < -0.4 is 15.5 Å². The number of amides is 1. The minimum atomic E-state index is 0.108. The molecule has 1 saturated heterocycles. The van der Waals surface area contributed by atoms with Crippen molar-refractivity contribution >= 4 is 11.6 Å². The van der Waals surface area contributed by atoms with Gasteiger partial charge in [0.05, 0.1) is 12.6 Å². The summed E-state index contributed by atoms with van der Waals surface area (Å²) in [6.07, 6.45) is 0.992. The van der Waals surface area contributed by atoms with Crippen LogP contribution in [0.3, 0.4) is 0 Å². The van der Waals surface area contributed by atoms with Crippen molar-refractivity contribution in [3.63, 3.8) is 0 Å². The molecule has 2 N–H and O–H groups in total. The lowest BCUT2D eigenvalue weighted by atomic mass is 10.0. The van der Waals surface area contributed by atoms with Gasteiger partial charge in [-0.2, -0.15) is 0 Å². The van der Waals surface area contributed by atoms with Gasteiger partial charge in [0.1, 0.15) is 0 Å². The Balaban J connectivity index is 2.27. The number of rotatable bonds is 4. The summed E-state index contributed by atoms with van der Waals surface area (Å²) in [5.74, 6) is 0.108. The number of aryl methyl sites for hydroxylation is 2. The van der Waals surface area contributed by atoms with Gasteiger partial charge in [-0.05, 0) is 31.5 Å². The van der Waals surface area contributed by atoms with E-state index in [4.69, 9.17) is 0 Å². The van der Waals surface area contributed by atoms with Gasteiger partial charge in [-0.15, -0.1) is 0 Å². The molecule has 104 valence electrons. The summed E-state index contributed by atoms with van der Waals surface area (Å²) in [4.78, 5) is 14.1. The average molecular weight is 261 g/mol. The van der Waals surface area contributed by atoms with Crippen LogP contribution in [0.1, 0.15) is 18.1 Å². The second kappa shape index (κ2) is 6.06. The molecule has 0 aromatic heterocycles. The van der Waals surface area contributed by atoms with Crippen molar-refractivity contribution < 1.29 is 4.79 Å². The summed E-state index contributed by atoms with van der Waals surface area (Å²) in [6, 6.07) is 6.54. The smallest absolute Gasteiger partial charge is 0.239 e. The number of carbonyl (C=O) groups excluding carboxylic acids is 1. The number of likely N-dealkylation sites (N-methyl/N-ethyl adjacent to an activating group) is 1. The Kier molecular flexibility index (Phi) is 4.43. The number of para-hydroxylation sites is 1. The maximum absolute atomic E-state index is 11.9. The zero-order valence-electron chi connectivity index (χ0n) is 12.0. The van der Waals surface area contributed by atoms with Gasteiger partial charge in [0.25, 0.3) is 0 Å². The first-order valence-corrected chi connectivity index (χ1v) is 6.93. The van der Waals surface area contributed by atoms with Crippen LogP contribution in [0.2, 0.25) is 0 Å². The van der Waals surface area contributed by atoms with Gasteiger partial charge in [0.2, 0.25) is 5.91 Å². The molecule has 4 nitrogen and oxygen atoms in total. The zero-order valence-corrected chi connectivity index (χ0v) is 12.0. The van der Waals surface area contributed by atoms with Crippen molar-refractivity contribution in [1.29, 1.82) is 0 Å². The van der Waals surface area contributed by atoms with Crippen molar-refractivity contribution in [2.24, 2.45) is 0 Å². The molecule has 1 aliphatic heterocycles. The third kappa shape index (κ3) is 3.07. The van der Waals surface area contributed by atoms with Gasteiger partial charge in [0, 0.05) is 18.8 Å². The highest BCUT2D eigenvalue weighted by Crippen LogP contribution is 2.26. The van der Waals surface area contributed by atoms with Crippen LogP contribution >= 0.6 is 0 Å². The Morgan fingerprint density at radius 2 is 2.26 bits per heavy atom. The molecule has 0 spiro atoms. The normalized spacial score (nSPS) is 19.4. The minimum absolute atomic E-state index is 0.108. The van der Waals surface area contributed by atoms with Crippen molar-refractivity contribution in [3.05, 3.63) is 29.3 Å². The van der Waals surface area contributed by atoms with E-state index in [-0.39, 0.29) is 11.9 Å². The molecule has 1 aliphatic rings. The number of nitrogens with zero attached hydrogens (tertiary/aromatic N) is 1. The number of carbonyl (C=O) groups is 1. The van der Waals surface area contributed by atoms with Gasteiger partial charge >= 0.3 is 0 Å². The van der Waals surface area contributed by atoms with E-state index in [2.05, 4.69) is 47.6 Å². The topological polar surface area (TPSA) is 44.4 Å². The summed E-state index contributed by atoms with van der Waals surface area (Å²) in [5, 5.41) is 6.16. The molecular weight excluding hydrogens is 238 g/mol. The number of anilines is 1. The highest BCUT2D eigenvalue weighted by molar-refractivity contribution is 5.84. The van der Waals surface area contributed by atoms with E-state index in [1.165, 1.54) is 16.8 Å². The van der Waals surface area contributed by atoms with E-state index >= 15 is 0 Å². The third-order valence-corrected chi connectivity index (χ3v) is 3.61. The number of hydrogen-bond donors (Lipinski definition) is 2. The molecule has 1 fully saturated rings. The van der Waals surface area contributed by atoms with E-state index in [0.29, 0.717) is 6.54 Å². The monoisotopic (exact) mass is 261 g/mol. The molecule has 4 heteroatoms. The molecule has 0 radical (unpaired) electrons. The van der Waals surface area contributed by atoms with Crippen molar-refractivity contribution in [2.45, 2.75) is 26.3 Å². The van der Waals surface area contributed by atoms with Crippen molar-refractivity contribution in [1.82, 2.24) is 10.6 Å². The Morgan fingerprint density at radius 3 is 2.95 bits per heavy atom. The van der Waals surface area contributed by atoms with E-state index in [1.807, 2.05) is 7.05 Å². The van der Waals surface area contributed by atoms with Gasteiger partial charge < -0.3 is 15.5 Å². The molecule has 0 saturated carbocycles. The fourth-order valence-electron chi connectivity index (χ4n) is 2.81. The molecule has 1 amide bonds. The van der Waals surface area contributed by atoms with Gasteiger partial charge in [0.15, 0.2) is 0 Å². The molecule has 1 aromatic rings. The highest BCUT2D eigenvalue weighted by Gasteiger charge is 2.26. The second-order valence-corrected chi connectivity index (χ2v) is 5.14. The summed E-state index contributed by atoms with van der Waals surface area (Å²) >= 11 is 0. The van der Waals surface area contributed by atoms with Gasteiger partial charge in [-0.25, -0.2) is 0 Å². The Morgan fingerprint density at radius 1 is 1.47 bits per heavy atom. The predicted molar refractivity (Wildman–Crippen MR) is 78.6 cm³/mol. The summed E-state index contributed by atoms with van der Waals surface area (Å²) in [5.41, 5.74) is 3.80. The molecule has 0 bridgehead atoms. The fourth-order valence-corrected chi connectivity index (χ4v) is 2.81. The maximum Gasteiger partial charge on any atom is 0.239 e. The largest absolute Gasteiger partial charge is 0.360 e. The lowest BCUT2D eigenvalue weighted by Gasteiger charge is -2.36. The third-order valence-electron chi connectivity index (χ3n) is 3.61. The Hall–Kier alpha value is -1.55. The number of hydrogen-bond acceptors (Lipinski definition) is 3. The van der Waals surface area contributed by atoms with Crippen molar-refractivity contribution in [3.8, 4) is 0 Å². The maximum atomic E-state index is 11.9. The SMILES string of the molecule is CCc1cccc(C)c1N1CC(=O)NC(CNC)C1. The lowest BCUT2D eigenvalue weighted by Crippen LogP contribution is -2.57. The molecule has 2 rings (SSSR count). The number of benzene rings is 1. The van der Waals surface area contributed by atoms with E-state index < -0.39 is 0 Å². The van der Waals surface area contributed by atoms with E-state index in [1.54, 1.807) is 0 Å². The predicted octanol–water partition coefficient (Wildman–Crippen LogP) is 1.08. The molecular formula is C15H23N3O. The minimum Gasteiger partial charge on any atom is -0.360 e. The quantitative estimate of drug-likeness (QED) is 0.852. The second-order valence-electron chi connectivity index (χ2n) is 5.14. The molecule has 1 aromatic carbocycles. The van der Waals surface area contributed by atoms with Crippen LogP contribution in [0.4, 0.5) is 5.69 Å². The Bertz CT molecular complexity index is 459. The fraction of sp³-hybridized carbons (Fsp3) is 0.533. The van der Waals surface area contributed by atoms with Crippen LogP contribution in [0, 0.1) is 6.92 Å². The van der Waals surface area contributed by atoms with Gasteiger partial charge in [-0.1, -0.05) is 25.1 Å². The van der Waals surface area contributed by atoms with E-state index in [0.717, 1.165) is 19.5 Å². The Labute approximate surface area is 115 Å². The molecule has 0 aliphatic carbocycles. The molecule has 1 unspecified atom stereocenters.